The fourth-order valence-corrected chi connectivity index (χ4v) is 1.84. The number of furan rings is 1. The first-order valence-electron chi connectivity index (χ1n) is 5.90. The Morgan fingerprint density at radius 3 is 2.68 bits per heavy atom. The van der Waals surface area contributed by atoms with Crippen LogP contribution in [0, 0.1) is 13.8 Å². The zero-order valence-electron chi connectivity index (χ0n) is 10.7. The van der Waals surface area contributed by atoms with Crippen molar-refractivity contribution in [1.82, 2.24) is 10.1 Å². The molecule has 0 aliphatic heterocycles. The van der Waals surface area contributed by atoms with Crippen LogP contribution in [0.3, 0.4) is 0 Å². The van der Waals surface area contributed by atoms with Crippen LogP contribution in [0.15, 0.2) is 39.5 Å². The summed E-state index contributed by atoms with van der Waals surface area (Å²) in [6, 6.07) is 7.48. The number of aryl methyl sites for hydroxylation is 2. The first-order valence-corrected chi connectivity index (χ1v) is 5.90. The molecule has 0 bridgehead atoms. The molecule has 5 heteroatoms. The Morgan fingerprint density at radius 2 is 2.00 bits per heavy atom. The molecule has 0 aliphatic carbocycles. The van der Waals surface area contributed by atoms with Gasteiger partial charge in [0.25, 0.3) is 5.89 Å². The largest absolute Gasteiger partial charge is 0.469 e. The summed E-state index contributed by atoms with van der Waals surface area (Å²) in [5, 5.41) is 3.96. The molecule has 3 aromatic rings. The highest BCUT2D eigenvalue weighted by Crippen LogP contribution is 2.26. The number of aromatic nitrogens is 2. The van der Waals surface area contributed by atoms with Crippen LogP contribution >= 0.6 is 0 Å². The summed E-state index contributed by atoms with van der Waals surface area (Å²) in [6.45, 7) is 3.81. The zero-order valence-corrected chi connectivity index (χ0v) is 10.7. The highest BCUT2D eigenvalue weighted by Gasteiger charge is 2.14. The molecular weight excluding hydrogens is 242 g/mol. The van der Waals surface area contributed by atoms with Gasteiger partial charge in [0.1, 0.15) is 5.76 Å². The van der Waals surface area contributed by atoms with E-state index in [1.807, 2.05) is 38.1 Å². The predicted octanol–water partition coefficient (Wildman–Crippen LogP) is 3.20. The van der Waals surface area contributed by atoms with Crippen molar-refractivity contribution in [3.05, 3.63) is 41.9 Å². The first kappa shape index (κ1) is 11.5. The van der Waals surface area contributed by atoms with Crippen LogP contribution in [0.5, 0.6) is 0 Å². The highest BCUT2D eigenvalue weighted by molar-refractivity contribution is 5.65. The van der Waals surface area contributed by atoms with Gasteiger partial charge in [0.05, 0.1) is 11.8 Å². The van der Waals surface area contributed by atoms with Gasteiger partial charge in [0.2, 0.25) is 5.82 Å². The van der Waals surface area contributed by atoms with E-state index in [1.165, 1.54) is 0 Å². The van der Waals surface area contributed by atoms with Gasteiger partial charge < -0.3 is 14.7 Å². The predicted molar refractivity (Wildman–Crippen MR) is 71.3 cm³/mol. The van der Waals surface area contributed by atoms with E-state index < -0.39 is 0 Å². The van der Waals surface area contributed by atoms with Crippen LogP contribution in [-0.4, -0.2) is 10.1 Å². The third-order valence-electron chi connectivity index (χ3n) is 3.05. The lowest BCUT2D eigenvalue weighted by atomic mass is 10.1. The number of rotatable bonds is 2. The summed E-state index contributed by atoms with van der Waals surface area (Å²) in [6.07, 6.45) is 1.60. The van der Waals surface area contributed by atoms with Crippen molar-refractivity contribution in [3.63, 3.8) is 0 Å². The van der Waals surface area contributed by atoms with Gasteiger partial charge in [-0.1, -0.05) is 11.2 Å². The van der Waals surface area contributed by atoms with Crippen LogP contribution < -0.4 is 5.73 Å². The van der Waals surface area contributed by atoms with Crippen LogP contribution in [0.4, 0.5) is 5.69 Å². The molecule has 96 valence electrons. The number of benzene rings is 1. The number of nitrogen functional groups attached to an aromatic ring is 1. The minimum absolute atomic E-state index is 0.447. The Hall–Kier alpha value is -2.56. The van der Waals surface area contributed by atoms with Crippen molar-refractivity contribution in [1.29, 1.82) is 0 Å². The zero-order chi connectivity index (χ0) is 13.4. The normalized spacial score (nSPS) is 10.8. The summed E-state index contributed by atoms with van der Waals surface area (Å²) in [4.78, 5) is 4.36. The van der Waals surface area contributed by atoms with E-state index in [9.17, 15) is 0 Å². The Kier molecular flexibility index (Phi) is 2.59. The summed E-state index contributed by atoms with van der Waals surface area (Å²) >= 11 is 0. The van der Waals surface area contributed by atoms with Gasteiger partial charge in [-0.3, -0.25) is 0 Å². The Balaban J connectivity index is 2.01. The molecule has 0 aliphatic rings. The van der Waals surface area contributed by atoms with E-state index in [-0.39, 0.29) is 0 Å². The van der Waals surface area contributed by atoms with Crippen molar-refractivity contribution >= 4 is 5.69 Å². The second-order valence-electron chi connectivity index (χ2n) is 4.38. The van der Waals surface area contributed by atoms with Gasteiger partial charge in [0.15, 0.2) is 0 Å². The van der Waals surface area contributed by atoms with E-state index in [1.54, 1.807) is 6.26 Å². The van der Waals surface area contributed by atoms with E-state index in [4.69, 9.17) is 14.7 Å². The molecule has 2 aromatic heterocycles. The molecule has 0 spiro atoms. The maximum atomic E-state index is 5.88. The van der Waals surface area contributed by atoms with Gasteiger partial charge in [-0.15, -0.1) is 0 Å². The number of anilines is 1. The van der Waals surface area contributed by atoms with Gasteiger partial charge in [-0.25, -0.2) is 0 Å². The van der Waals surface area contributed by atoms with Gasteiger partial charge in [-0.05, 0) is 37.6 Å². The maximum Gasteiger partial charge on any atom is 0.258 e. The van der Waals surface area contributed by atoms with Crippen molar-refractivity contribution < 1.29 is 8.94 Å². The summed E-state index contributed by atoms with van der Waals surface area (Å²) in [7, 11) is 0. The SMILES string of the molecule is Cc1ccc(-c2nc(-c3ccoc3C)no2)cc1N. The lowest BCUT2D eigenvalue weighted by Crippen LogP contribution is -1.90. The molecule has 1 aromatic carbocycles. The molecule has 0 saturated carbocycles. The molecule has 0 unspecified atom stereocenters. The fraction of sp³-hybridized carbons (Fsp3) is 0.143. The van der Waals surface area contributed by atoms with Gasteiger partial charge in [-0.2, -0.15) is 4.98 Å². The van der Waals surface area contributed by atoms with Crippen molar-refractivity contribution in [2.45, 2.75) is 13.8 Å². The topological polar surface area (TPSA) is 78.1 Å². The summed E-state index contributed by atoms with van der Waals surface area (Å²) in [5.74, 6) is 1.72. The summed E-state index contributed by atoms with van der Waals surface area (Å²) in [5.41, 5.74) is 9.24. The molecule has 2 heterocycles. The molecular formula is C14H13N3O2. The third-order valence-corrected chi connectivity index (χ3v) is 3.05. The number of nitrogens with zero attached hydrogens (tertiary/aromatic N) is 2. The standard InChI is InChI=1S/C14H13N3O2/c1-8-3-4-10(7-12(8)15)14-16-13(17-19-14)11-5-6-18-9(11)2/h3-7H,15H2,1-2H3. The molecule has 0 saturated heterocycles. The van der Waals surface area contributed by atoms with Crippen LogP contribution in [0.1, 0.15) is 11.3 Å². The second kappa shape index (κ2) is 4.28. The van der Waals surface area contributed by atoms with Gasteiger partial charge >= 0.3 is 0 Å². The average Bonchev–Trinajstić information content (AvgIpc) is 3.01. The average molecular weight is 255 g/mol. The van der Waals surface area contributed by atoms with Gasteiger partial charge in [0, 0.05) is 11.3 Å². The number of nitrogens with two attached hydrogens (primary N) is 1. The third kappa shape index (κ3) is 1.99. The molecule has 0 fully saturated rings. The molecule has 0 amide bonds. The van der Waals surface area contributed by atoms with E-state index in [0.29, 0.717) is 17.4 Å². The molecule has 0 atom stereocenters. The fourth-order valence-electron chi connectivity index (χ4n) is 1.84. The first-order chi connectivity index (χ1) is 9.15. The van der Waals surface area contributed by atoms with E-state index in [2.05, 4.69) is 10.1 Å². The Labute approximate surface area is 110 Å². The lowest BCUT2D eigenvalue weighted by Gasteiger charge is -2.00. The minimum atomic E-state index is 0.447. The quantitative estimate of drug-likeness (QED) is 0.711. The molecule has 5 nitrogen and oxygen atoms in total. The van der Waals surface area contributed by atoms with E-state index in [0.717, 1.165) is 22.5 Å². The molecule has 19 heavy (non-hydrogen) atoms. The monoisotopic (exact) mass is 255 g/mol. The second-order valence-corrected chi connectivity index (χ2v) is 4.38. The van der Waals surface area contributed by atoms with Crippen molar-refractivity contribution in [2.24, 2.45) is 0 Å². The van der Waals surface area contributed by atoms with Crippen LogP contribution in [-0.2, 0) is 0 Å². The Bertz CT molecular complexity index is 728. The minimum Gasteiger partial charge on any atom is -0.469 e. The number of hydrogen-bond acceptors (Lipinski definition) is 5. The maximum absolute atomic E-state index is 5.88. The summed E-state index contributed by atoms with van der Waals surface area (Å²) < 4.78 is 10.5. The van der Waals surface area contributed by atoms with E-state index >= 15 is 0 Å². The van der Waals surface area contributed by atoms with Crippen LogP contribution in [0.2, 0.25) is 0 Å². The molecule has 0 radical (unpaired) electrons. The van der Waals surface area contributed by atoms with Crippen LogP contribution in [0.25, 0.3) is 22.8 Å². The highest BCUT2D eigenvalue weighted by atomic mass is 16.5. The Morgan fingerprint density at radius 1 is 1.16 bits per heavy atom. The van der Waals surface area contributed by atoms with Crippen molar-refractivity contribution in [3.8, 4) is 22.8 Å². The lowest BCUT2D eigenvalue weighted by molar-refractivity contribution is 0.432. The van der Waals surface area contributed by atoms with Crippen molar-refractivity contribution in [2.75, 3.05) is 5.73 Å². The molecule has 3 rings (SSSR count). The molecule has 2 N–H and O–H groups in total. The number of hydrogen-bond donors (Lipinski definition) is 1. The smallest absolute Gasteiger partial charge is 0.258 e.